The number of aromatic nitrogens is 1. The molecule has 0 saturated heterocycles. The first-order chi connectivity index (χ1) is 10.7. The first kappa shape index (κ1) is 16.5. The van der Waals surface area contributed by atoms with E-state index in [4.69, 9.17) is 0 Å². The predicted octanol–water partition coefficient (Wildman–Crippen LogP) is 4.26. The van der Waals surface area contributed by atoms with Gasteiger partial charge in [0.2, 0.25) is 0 Å². The van der Waals surface area contributed by atoms with Crippen molar-refractivity contribution in [1.82, 2.24) is 4.98 Å². The Balaban J connectivity index is 1.76. The Morgan fingerprint density at radius 2 is 2.00 bits per heavy atom. The van der Waals surface area contributed by atoms with Crippen LogP contribution in [0.1, 0.15) is 31.4 Å². The van der Waals surface area contributed by atoms with Gasteiger partial charge in [-0.15, -0.1) is 0 Å². The molecule has 4 nitrogen and oxygen atoms in total. The van der Waals surface area contributed by atoms with E-state index in [1.807, 2.05) is 25.1 Å². The molecule has 22 heavy (non-hydrogen) atoms. The zero-order chi connectivity index (χ0) is 15.8. The lowest BCUT2D eigenvalue weighted by atomic mass is 10.2. The zero-order valence-electron chi connectivity index (χ0n) is 13.1. The Kier molecular flexibility index (Phi) is 6.40. The standard InChI is InChI=1S/C17H22N2O2S/c1-13-16(14-9-5-3-6-10-14)22-17(19-13)18-12-8-4-7-11-15(20)21-2/h3,5-6,9-10H,4,7-8,11-12H2,1-2H3,(H,18,19). The summed E-state index contributed by atoms with van der Waals surface area (Å²) in [6.07, 6.45) is 3.42. The third-order valence-corrected chi connectivity index (χ3v) is 4.56. The Hall–Kier alpha value is -1.88. The average molecular weight is 318 g/mol. The van der Waals surface area contributed by atoms with Gasteiger partial charge in [-0.1, -0.05) is 48.1 Å². The van der Waals surface area contributed by atoms with Gasteiger partial charge in [-0.25, -0.2) is 4.98 Å². The van der Waals surface area contributed by atoms with E-state index in [0.717, 1.165) is 36.6 Å². The summed E-state index contributed by atoms with van der Waals surface area (Å²) in [6.45, 7) is 2.92. The normalized spacial score (nSPS) is 10.5. The molecule has 0 unspecified atom stereocenters. The van der Waals surface area contributed by atoms with Crippen LogP contribution in [-0.2, 0) is 9.53 Å². The number of hydrogen-bond donors (Lipinski definition) is 1. The molecular formula is C17H22N2O2S. The number of anilines is 1. The van der Waals surface area contributed by atoms with Gasteiger partial charge in [-0.2, -0.15) is 0 Å². The number of carbonyl (C=O) groups is 1. The molecule has 0 aliphatic rings. The van der Waals surface area contributed by atoms with Crippen molar-refractivity contribution >= 4 is 22.4 Å². The third kappa shape index (κ3) is 4.84. The van der Waals surface area contributed by atoms with Crippen molar-refractivity contribution in [3.63, 3.8) is 0 Å². The lowest BCUT2D eigenvalue weighted by Gasteiger charge is -2.02. The molecule has 0 amide bonds. The molecule has 118 valence electrons. The number of esters is 1. The molecule has 0 aliphatic heterocycles. The number of methoxy groups -OCH3 is 1. The van der Waals surface area contributed by atoms with Crippen molar-refractivity contribution in [2.45, 2.75) is 32.6 Å². The number of nitrogens with one attached hydrogen (secondary N) is 1. The molecule has 0 atom stereocenters. The Morgan fingerprint density at radius 1 is 1.23 bits per heavy atom. The van der Waals surface area contributed by atoms with Gasteiger partial charge in [0.25, 0.3) is 0 Å². The molecule has 0 radical (unpaired) electrons. The van der Waals surface area contributed by atoms with Crippen LogP contribution in [-0.4, -0.2) is 24.6 Å². The van der Waals surface area contributed by atoms with Crippen LogP contribution in [0.2, 0.25) is 0 Å². The molecule has 2 aromatic rings. The minimum Gasteiger partial charge on any atom is -0.469 e. The highest BCUT2D eigenvalue weighted by Gasteiger charge is 2.08. The van der Waals surface area contributed by atoms with Crippen LogP contribution in [0.3, 0.4) is 0 Å². The highest BCUT2D eigenvalue weighted by atomic mass is 32.1. The van der Waals surface area contributed by atoms with Gasteiger partial charge in [0, 0.05) is 13.0 Å². The minimum atomic E-state index is -0.129. The maximum Gasteiger partial charge on any atom is 0.305 e. The quantitative estimate of drug-likeness (QED) is 0.583. The number of hydrogen-bond acceptors (Lipinski definition) is 5. The zero-order valence-corrected chi connectivity index (χ0v) is 13.9. The maximum absolute atomic E-state index is 11.0. The van der Waals surface area contributed by atoms with Crippen LogP contribution in [0, 0.1) is 6.92 Å². The maximum atomic E-state index is 11.0. The second-order valence-corrected chi connectivity index (χ2v) is 6.11. The molecular weight excluding hydrogens is 296 g/mol. The monoisotopic (exact) mass is 318 g/mol. The number of unbranched alkanes of at least 4 members (excludes halogenated alkanes) is 2. The van der Waals surface area contributed by atoms with Crippen LogP contribution >= 0.6 is 11.3 Å². The van der Waals surface area contributed by atoms with Gasteiger partial charge in [-0.3, -0.25) is 4.79 Å². The van der Waals surface area contributed by atoms with E-state index in [0.29, 0.717) is 6.42 Å². The number of rotatable bonds is 8. The average Bonchev–Trinajstić information content (AvgIpc) is 2.92. The van der Waals surface area contributed by atoms with Crippen LogP contribution in [0.15, 0.2) is 30.3 Å². The van der Waals surface area contributed by atoms with Gasteiger partial charge in [0.1, 0.15) is 0 Å². The fourth-order valence-corrected chi connectivity index (χ4v) is 3.20. The highest BCUT2D eigenvalue weighted by molar-refractivity contribution is 7.19. The number of nitrogens with zero attached hydrogens (tertiary/aromatic N) is 1. The first-order valence-corrected chi connectivity index (χ1v) is 8.36. The van der Waals surface area contributed by atoms with E-state index in [-0.39, 0.29) is 5.97 Å². The number of aryl methyl sites for hydroxylation is 1. The minimum absolute atomic E-state index is 0.129. The molecule has 1 heterocycles. The van der Waals surface area contributed by atoms with Crippen molar-refractivity contribution in [3.05, 3.63) is 36.0 Å². The Labute approximate surface area is 135 Å². The van der Waals surface area contributed by atoms with E-state index in [2.05, 4.69) is 27.2 Å². The number of carbonyl (C=O) groups excluding carboxylic acids is 1. The molecule has 1 aromatic carbocycles. The smallest absolute Gasteiger partial charge is 0.305 e. The van der Waals surface area contributed by atoms with Crippen molar-refractivity contribution in [2.24, 2.45) is 0 Å². The summed E-state index contributed by atoms with van der Waals surface area (Å²) in [6, 6.07) is 10.3. The van der Waals surface area contributed by atoms with Gasteiger partial charge in [-0.05, 0) is 25.3 Å². The van der Waals surface area contributed by atoms with Crippen LogP contribution < -0.4 is 5.32 Å². The fourth-order valence-electron chi connectivity index (χ4n) is 2.20. The third-order valence-electron chi connectivity index (χ3n) is 3.39. The second-order valence-electron chi connectivity index (χ2n) is 5.11. The number of benzene rings is 1. The summed E-state index contributed by atoms with van der Waals surface area (Å²) in [7, 11) is 1.43. The van der Waals surface area contributed by atoms with E-state index < -0.39 is 0 Å². The SMILES string of the molecule is COC(=O)CCCCCNc1nc(C)c(-c2ccccc2)s1. The predicted molar refractivity (Wildman–Crippen MR) is 91.3 cm³/mol. The summed E-state index contributed by atoms with van der Waals surface area (Å²) >= 11 is 1.69. The molecule has 1 aromatic heterocycles. The lowest BCUT2D eigenvalue weighted by molar-refractivity contribution is -0.140. The molecule has 1 N–H and O–H groups in total. The molecule has 0 aliphatic carbocycles. The van der Waals surface area contributed by atoms with Crippen molar-refractivity contribution in [2.75, 3.05) is 19.0 Å². The van der Waals surface area contributed by atoms with E-state index >= 15 is 0 Å². The molecule has 0 bridgehead atoms. The molecule has 5 heteroatoms. The van der Waals surface area contributed by atoms with Crippen molar-refractivity contribution < 1.29 is 9.53 Å². The van der Waals surface area contributed by atoms with Crippen molar-refractivity contribution in [1.29, 1.82) is 0 Å². The molecule has 2 rings (SSSR count). The highest BCUT2D eigenvalue weighted by Crippen LogP contribution is 2.32. The largest absolute Gasteiger partial charge is 0.469 e. The molecule has 0 spiro atoms. The number of ether oxygens (including phenoxy) is 1. The van der Waals surface area contributed by atoms with Crippen LogP contribution in [0.4, 0.5) is 5.13 Å². The van der Waals surface area contributed by atoms with E-state index in [1.54, 1.807) is 11.3 Å². The number of thiazole rings is 1. The van der Waals surface area contributed by atoms with E-state index in [9.17, 15) is 4.79 Å². The summed E-state index contributed by atoms with van der Waals surface area (Å²) in [4.78, 5) is 16.8. The lowest BCUT2D eigenvalue weighted by Crippen LogP contribution is -2.03. The van der Waals surface area contributed by atoms with E-state index in [1.165, 1.54) is 17.6 Å². The van der Waals surface area contributed by atoms with Crippen LogP contribution in [0.5, 0.6) is 0 Å². The Morgan fingerprint density at radius 3 is 2.73 bits per heavy atom. The molecule has 0 saturated carbocycles. The Bertz CT molecular complexity index is 596. The van der Waals surface area contributed by atoms with Gasteiger partial charge in [0.05, 0.1) is 17.7 Å². The van der Waals surface area contributed by atoms with Gasteiger partial charge < -0.3 is 10.1 Å². The summed E-state index contributed by atoms with van der Waals surface area (Å²) < 4.78 is 4.62. The van der Waals surface area contributed by atoms with Crippen molar-refractivity contribution in [3.8, 4) is 10.4 Å². The summed E-state index contributed by atoms with van der Waals surface area (Å²) in [5.74, 6) is -0.129. The van der Waals surface area contributed by atoms with Gasteiger partial charge in [0.15, 0.2) is 5.13 Å². The second kappa shape index (κ2) is 8.54. The fraction of sp³-hybridized carbons (Fsp3) is 0.412. The molecule has 0 fully saturated rings. The van der Waals surface area contributed by atoms with Crippen LogP contribution in [0.25, 0.3) is 10.4 Å². The van der Waals surface area contributed by atoms with Gasteiger partial charge >= 0.3 is 5.97 Å². The topological polar surface area (TPSA) is 51.2 Å². The summed E-state index contributed by atoms with van der Waals surface area (Å²) in [5, 5.41) is 4.33. The summed E-state index contributed by atoms with van der Waals surface area (Å²) in [5.41, 5.74) is 2.27. The first-order valence-electron chi connectivity index (χ1n) is 7.54.